The lowest BCUT2D eigenvalue weighted by atomic mass is 10.0. The average molecular weight is 269 g/mol. The molecule has 0 aromatic heterocycles. The summed E-state index contributed by atoms with van der Waals surface area (Å²) in [6.07, 6.45) is 0. The quantitative estimate of drug-likeness (QED) is 0.740. The summed E-state index contributed by atoms with van der Waals surface area (Å²) >= 11 is 11.7. The van der Waals surface area contributed by atoms with Crippen LogP contribution in [0.4, 0.5) is 4.39 Å². The van der Waals surface area contributed by atoms with Crippen LogP contribution in [0.25, 0.3) is 0 Å². The molecule has 0 saturated heterocycles. The molecule has 0 saturated carbocycles. The van der Waals surface area contributed by atoms with Crippen molar-refractivity contribution in [1.82, 2.24) is 0 Å². The van der Waals surface area contributed by atoms with Crippen LogP contribution in [0, 0.1) is 5.82 Å². The van der Waals surface area contributed by atoms with Crippen molar-refractivity contribution in [1.29, 1.82) is 0 Å². The van der Waals surface area contributed by atoms with Gasteiger partial charge in [-0.1, -0.05) is 23.2 Å². The molecule has 0 aliphatic heterocycles. The number of carbonyl (C=O) groups excluding carboxylic acids is 1. The minimum Gasteiger partial charge on any atom is -0.289 e. The highest BCUT2D eigenvalue weighted by molar-refractivity contribution is 6.37. The first kappa shape index (κ1) is 12.1. The lowest BCUT2D eigenvalue weighted by Gasteiger charge is -2.04. The standard InChI is InChI=1S/C13H7Cl2FO/c14-9-3-6-11(12(15)7-9)13(17)8-1-4-10(16)5-2-8/h1-7H. The van der Waals surface area contributed by atoms with Crippen molar-refractivity contribution in [3.05, 3.63) is 69.5 Å². The highest BCUT2D eigenvalue weighted by atomic mass is 35.5. The predicted octanol–water partition coefficient (Wildman–Crippen LogP) is 4.36. The van der Waals surface area contributed by atoms with E-state index in [2.05, 4.69) is 0 Å². The fraction of sp³-hybridized carbons (Fsp3) is 0. The summed E-state index contributed by atoms with van der Waals surface area (Å²) in [6.45, 7) is 0. The molecule has 2 rings (SSSR count). The Hall–Kier alpha value is -1.38. The largest absolute Gasteiger partial charge is 0.289 e. The zero-order chi connectivity index (χ0) is 12.4. The van der Waals surface area contributed by atoms with E-state index >= 15 is 0 Å². The van der Waals surface area contributed by atoms with Gasteiger partial charge in [0.15, 0.2) is 5.78 Å². The first-order chi connectivity index (χ1) is 8.08. The SMILES string of the molecule is O=C(c1ccc(F)cc1)c1ccc(Cl)cc1Cl. The summed E-state index contributed by atoms with van der Waals surface area (Å²) in [6, 6.07) is 9.94. The molecule has 0 aliphatic carbocycles. The van der Waals surface area contributed by atoms with Crippen LogP contribution in [0.2, 0.25) is 10.0 Å². The molecule has 0 bridgehead atoms. The van der Waals surface area contributed by atoms with E-state index in [-0.39, 0.29) is 16.6 Å². The molecule has 0 spiro atoms. The van der Waals surface area contributed by atoms with E-state index in [0.717, 1.165) is 0 Å². The summed E-state index contributed by atoms with van der Waals surface area (Å²) in [5, 5.41) is 0.748. The van der Waals surface area contributed by atoms with Crippen LogP contribution in [0.3, 0.4) is 0 Å². The molecule has 0 amide bonds. The molecule has 0 radical (unpaired) electrons. The van der Waals surface area contributed by atoms with Crippen molar-refractivity contribution in [2.75, 3.05) is 0 Å². The molecular weight excluding hydrogens is 262 g/mol. The van der Waals surface area contributed by atoms with Crippen molar-refractivity contribution >= 4 is 29.0 Å². The first-order valence-electron chi connectivity index (χ1n) is 4.83. The lowest BCUT2D eigenvalue weighted by Crippen LogP contribution is -2.02. The number of carbonyl (C=O) groups is 1. The summed E-state index contributed by atoms with van der Waals surface area (Å²) < 4.78 is 12.7. The van der Waals surface area contributed by atoms with Crippen LogP contribution in [-0.4, -0.2) is 5.78 Å². The second-order valence-electron chi connectivity index (χ2n) is 3.46. The monoisotopic (exact) mass is 268 g/mol. The smallest absolute Gasteiger partial charge is 0.194 e. The number of hydrogen-bond acceptors (Lipinski definition) is 1. The van der Waals surface area contributed by atoms with E-state index < -0.39 is 0 Å². The van der Waals surface area contributed by atoms with Gasteiger partial charge in [0.05, 0.1) is 5.02 Å². The van der Waals surface area contributed by atoms with Crippen molar-refractivity contribution in [3.63, 3.8) is 0 Å². The second kappa shape index (κ2) is 4.86. The Balaban J connectivity index is 2.40. The zero-order valence-electron chi connectivity index (χ0n) is 8.58. The third-order valence-corrected chi connectivity index (χ3v) is 2.83. The van der Waals surface area contributed by atoms with Gasteiger partial charge in [-0.05, 0) is 42.5 Å². The Morgan fingerprint density at radius 2 is 1.65 bits per heavy atom. The van der Waals surface area contributed by atoms with E-state index in [1.165, 1.54) is 30.3 Å². The van der Waals surface area contributed by atoms with E-state index in [1.807, 2.05) is 0 Å². The normalized spacial score (nSPS) is 10.3. The highest BCUT2D eigenvalue weighted by Crippen LogP contribution is 2.23. The number of rotatable bonds is 2. The summed E-state index contributed by atoms with van der Waals surface area (Å²) in [7, 11) is 0. The summed E-state index contributed by atoms with van der Waals surface area (Å²) in [5.41, 5.74) is 0.735. The first-order valence-corrected chi connectivity index (χ1v) is 5.59. The van der Waals surface area contributed by atoms with Gasteiger partial charge in [0.2, 0.25) is 0 Å². The Labute approximate surface area is 108 Å². The van der Waals surface area contributed by atoms with Gasteiger partial charge in [0, 0.05) is 16.1 Å². The summed E-state index contributed by atoms with van der Waals surface area (Å²) in [5.74, 6) is -0.643. The molecule has 0 atom stereocenters. The third-order valence-electron chi connectivity index (χ3n) is 2.28. The van der Waals surface area contributed by atoms with Gasteiger partial charge >= 0.3 is 0 Å². The highest BCUT2D eigenvalue weighted by Gasteiger charge is 2.12. The maximum atomic E-state index is 12.7. The molecule has 1 nitrogen and oxygen atoms in total. The molecule has 17 heavy (non-hydrogen) atoms. The van der Waals surface area contributed by atoms with Crippen molar-refractivity contribution in [2.24, 2.45) is 0 Å². The van der Waals surface area contributed by atoms with E-state index in [0.29, 0.717) is 16.1 Å². The minimum atomic E-state index is -0.385. The lowest BCUT2D eigenvalue weighted by molar-refractivity contribution is 0.103. The van der Waals surface area contributed by atoms with Gasteiger partial charge in [-0.25, -0.2) is 4.39 Å². The van der Waals surface area contributed by atoms with Crippen LogP contribution >= 0.6 is 23.2 Å². The fourth-order valence-electron chi connectivity index (χ4n) is 1.43. The van der Waals surface area contributed by atoms with E-state index in [9.17, 15) is 9.18 Å². The van der Waals surface area contributed by atoms with E-state index in [1.54, 1.807) is 12.1 Å². The van der Waals surface area contributed by atoms with Crippen molar-refractivity contribution in [2.45, 2.75) is 0 Å². The zero-order valence-corrected chi connectivity index (χ0v) is 10.1. The fourth-order valence-corrected chi connectivity index (χ4v) is 1.92. The minimum absolute atomic E-state index is 0.258. The van der Waals surface area contributed by atoms with Gasteiger partial charge in [-0.2, -0.15) is 0 Å². The molecule has 0 N–H and O–H groups in total. The topological polar surface area (TPSA) is 17.1 Å². The van der Waals surface area contributed by atoms with Crippen LogP contribution in [0.15, 0.2) is 42.5 Å². The van der Waals surface area contributed by atoms with Gasteiger partial charge in [-0.3, -0.25) is 4.79 Å². The molecule has 0 fully saturated rings. The van der Waals surface area contributed by atoms with Crippen LogP contribution in [0.5, 0.6) is 0 Å². The Morgan fingerprint density at radius 1 is 1.00 bits per heavy atom. The molecule has 0 heterocycles. The molecule has 0 aliphatic rings. The maximum absolute atomic E-state index is 12.7. The Bertz CT molecular complexity index is 564. The second-order valence-corrected chi connectivity index (χ2v) is 4.30. The van der Waals surface area contributed by atoms with Crippen LogP contribution in [-0.2, 0) is 0 Å². The Morgan fingerprint density at radius 3 is 2.24 bits per heavy atom. The van der Waals surface area contributed by atoms with Gasteiger partial charge in [0.1, 0.15) is 5.82 Å². The van der Waals surface area contributed by atoms with Crippen LogP contribution < -0.4 is 0 Å². The van der Waals surface area contributed by atoms with Gasteiger partial charge in [-0.15, -0.1) is 0 Å². The third kappa shape index (κ3) is 2.65. The van der Waals surface area contributed by atoms with Crippen molar-refractivity contribution in [3.8, 4) is 0 Å². The van der Waals surface area contributed by atoms with E-state index in [4.69, 9.17) is 23.2 Å². The Kier molecular flexibility index (Phi) is 3.46. The summed E-state index contributed by atoms with van der Waals surface area (Å²) in [4.78, 5) is 12.0. The number of ketones is 1. The molecule has 2 aromatic rings. The number of hydrogen-bond donors (Lipinski definition) is 0. The molecule has 86 valence electrons. The molecular formula is C13H7Cl2FO. The van der Waals surface area contributed by atoms with Crippen molar-refractivity contribution < 1.29 is 9.18 Å². The van der Waals surface area contributed by atoms with Crippen LogP contribution in [0.1, 0.15) is 15.9 Å². The molecule has 2 aromatic carbocycles. The average Bonchev–Trinajstić information content (AvgIpc) is 2.29. The number of benzene rings is 2. The predicted molar refractivity (Wildman–Crippen MR) is 66.3 cm³/mol. The van der Waals surface area contributed by atoms with Gasteiger partial charge < -0.3 is 0 Å². The number of halogens is 3. The molecule has 0 unspecified atom stereocenters. The molecule has 4 heteroatoms. The maximum Gasteiger partial charge on any atom is 0.194 e. The van der Waals surface area contributed by atoms with Gasteiger partial charge in [0.25, 0.3) is 0 Å².